The second-order valence-electron chi connectivity index (χ2n) is 4.54. The molecule has 0 aliphatic heterocycles. The van der Waals surface area contributed by atoms with Crippen molar-refractivity contribution in [2.24, 2.45) is 0 Å². The van der Waals surface area contributed by atoms with Crippen LogP contribution in [0.5, 0.6) is 0 Å². The summed E-state index contributed by atoms with van der Waals surface area (Å²) in [7, 11) is 0. The predicted molar refractivity (Wildman–Crippen MR) is 80.6 cm³/mol. The number of aryl methyl sites for hydroxylation is 1. The van der Waals surface area contributed by atoms with Gasteiger partial charge in [-0.15, -0.1) is 11.3 Å². The standard InChI is InChI=1S/C15H18ClNS/c1-11-3-5-13(6-4-11)12(2)17-10-9-14-7-8-15(16)18-14/h3-8,12,17H,9-10H2,1-2H3. The monoisotopic (exact) mass is 279 g/mol. The van der Waals surface area contributed by atoms with Crippen LogP contribution in [-0.2, 0) is 6.42 Å². The van der Waals surface area contributed by atoms with Crippen LogP contribution in [0.4, 0.5) is 0 Å². The van der Waals surface area contributed by atoms with Gasteiger partial charge in [0.1, 0.15) is 0 Å². The van der Waals surface area contributed by atoms with Crippen LogP contribution in [0.3, 0.4) is 0 Å². The third-order valence-corrected chi connectivity index (χ3v) is 4.32. The van der Waals surface area contributed by atoms with E-state index in [0.29, 0.717) is 6.04 Å². The van der Waals surface area contributed by atoms with Crippen LogP contribution in [-0.4, -0.2) is 6.54 Å². The molecule has 0 bridgehead atoms. The first-order valence-corrected chi connectivity index (χ1v) is 7.39. The maximum Gasteiger partial charge on any atom is 0.0931 e. The lowest BCUT2D eigenvalue weighted by molar-refractivity contribution is 0.578. The van der Waals surface area contributed by atoms with E-state index in [1.165, 1.54) is 16.0 Å². The first kappa shape index (κ1) is 13.6. The molecule has 1 atom stereocenters. The van der Waals surface area contributed by atoms with Gasteiger partial charge >= 0.3 is 0 Å². The van der Waals surface area contributed by atoms with Gasteiger partial charge in [0.25, 0.3) is 0 Å². The van der Waals surface area contributed by atoms with E-state index >= 15 is 0 Å². The van der Waals surface area contributed by atoms with Crippen molar-refractivity contribution in [3.05, 3.63) is 56.7 Å². The second-order valence-corrected chi connectivity index (χ2v) is 6.34. The van der Waals surface area contributed by atoms with Gasteiger partial charge in [-0.25, -0.2) is 0 Å². The van der Waals surface area contributed by atoms with Crippen LogP contribution in [0.15, 0.2) is 36.4 Å². The average molecular weight is 280 g/mol. The van der Waals surface area contributed by atoms with Gasteiger partial charge in [-0.1, -0.05) is 41.4 Å². The third-order valence-electron chi connectivity index (χ3n) is 3.03. The second kappa shape index (κ2) is 6.37. The van der Waals surface area contributed by atoms with Crippen molar-refractivity contribution in [3.63, 3.8) is 0 Å². The molecule has 1 nitrogen and oxygen atoms in total. The van der Waals surface area contributed by atoms with Crippen molar-refractivity contribution in [2.45, 2.75) is 26.3 Å². The SMILES string of the molecule is Cc1ccc(C(C)NCCc2ccc(Cl)s2)cc1. The summed E-state index contributed by atoms with van der Waals surface area (Å²) in [4.78, 5) is 1.34. The molecule has 0 aliphatic rings. The Balaban J connectivity index is 1.81. The molecule has 1 aromatic heterocycles. The van der Waals surface area contributed by atoms with E-state index in [4.69, 9.17) is 11.6 Å². The lowest BCUT2D eigenvalue weighted by Crippen LogP contribution is -2.21. The average Bonchev–Trinajstić information content (AvgIpc) is 2.76. The number of thiophene rings is 1. The Morgan fingerprint density at radius 1 is 1.17 bits per heavy atom. The molecule has 1 unspecified atom stereocenters. The molecule has 2 rings (SSSR count). The lowest BCUT2D eigenvalue weighted by Gasteiger charge is -2.14. The zero-order valence-corrected chi connectivity index (χ0v) is 12.3. The first-order valence-electron chi connectivity index (χ1n) is 6.19. The summed E-state index contributed by atoms with van der Waals surface area (Å²) in [5, 5.41) is 3.54. The highest BCUT2D eigenvalue weighted by atomic mass is 35.5. The van der Waals surface area contributed by atoms with Gasteiger partial charge in [0.05, 0.1) is 4.34 Å². The Hall–Kier alpha value is -0.830. The number of hydrogen-bond donors (Lipinski definition) is 1. The van der Waals surface area contributed by atoms with E-state index in [-0.39, 0.29) is 0 Å². The fraction of sp³-hybridized carbons (Fsp3) is 0.333. The van der Waals surface area contributed by atoms with Gasteiger partial charge in [-0.2, -0.15) is 0 Å². The number of hydrogen-bond acceptors (Lipinski definition) is 2. The van der Waals surface area contributed by atoms with E-state index in [1.54, 1.807) is 11.3 Å². The number of nitrogens with one attached hydrogen (secondary N) is 1. The molecule has 0 amide bonds. The summed E-state index contributed by atoms with van der Waals surface area (Å²) < 4.78 is 0.872. The zero-order chi connectivity index (χ0) is 13.0. The minimum Gasteiger partial charge on any atom is -0.310 e. The van der Waals surface area contributed by atoms with Crippen molar-refractivity contribution < 1.29 is 0 Å². The quantitative estimate of drug-likeness (QED) is 0.843. The van der Waals surface area contributed by atoms with Gasteiger partial charge in [-0.05, 0) is 38.0 Å². The molecular formula is C15H18ClNS. The molecule has 2 aromatic rings. The van der Waals surface area contributed by atoms with Gasteiger partial charge < -0.3 is 5.32 Å². The predicted octanol–water partition coefficient (Wildman–Crippen LogP) is 4.60. The summed E-state index contributed by atoms with van der Waals surface area (Å²) in [6, 6.07) is 13.2. The fourth-order valence-corrected chi connectivity index (χ4v) is 2.96. The highest BCUT2D eigenvalue weighted by Crippen LogP contribution is 2.21. The molecule has 0 radical (unpaired) electrons. The molecule has 96 valence electrons. The van der Waals surface area contributed by atoms with E-state index in [1.807, 2.05) is 6.07 Å². The van der Waals surface area contributed by atoms with Crippen LogP contribution in [0.1, 0.15) is 29.0 Å². The van der Waals surface area contributed by atoms with E-state index in [0.717, 1.165) is 17.3 Å². The first-order chi connectivity index (χ1) is 8.65. The summed E-state index contributed by atoms with van der Waals surface area (Å²) in [6.45, 7) is 5.29. The zero-order valence-electron chi connectivity index (χ0n) is 10.7. The molecule has 0 saturated carbocycles. The summed E-state index contributed by atoms with van der Waals surface area (Å²) in [6.07, 6.45) is 1.04. The van der Waals surface area contributed by atoms with E-state index < -0.39 is 0 Å². The van der Waals surface area contributed by atoms with Crippen LogP contribution in [0.2, 0.25) is 4.34 Å². The number of rotatable bonds is 5. The van der Waals surface area contributed by atoms with Crippen LogP contribution in [0, 0.1) is 6.92 Å². The molecule has 18 heavy (non-hydrogen) atoms. The normalized spacial score (nSPS) is 12.6. The van der Waals surface area contributed by atoms with Crippen molar-refractivity contribution in [3.8, 4) is 0 Å². The highest BCUT2D eigenvalue weighted by molar-refractivity contribution is 7.16. The van der Waals surface area contributed by atoms with Crippen LogP contribution < -0.4 is 5.32 Å². The van der Waals surface area contributed by atoms with Crippen molar-refractivity contribution in [2.75, 3.05) is 6.54 Å². The van der Waals surface area contributed by atoms with Gasteiger partial charge in [0.15, 0.2) is 0 Å². The topological polar surface area (TPSA) is 12.0 Å². The minimum absolute atomic E-state index is 0.390. The number of halogens is 1. The number of benzene rings is 1. The van der Waals surface area contributed by atoms with E-state index in [9.17, 15) is 0 Å². The van der Waals surface area contributed by atoms with Crippen molar-refractivity contribution >= 4 is 22.9 Å². The molecule has 0 fully saturated rings. The molecule has 1 N–H and O–H groups in total. The lowest BCUT2D eigenvalue weighted by atomic mass is 10.1. The Morgan fingerprint density at radius 3 is 2.50 bits per heavy atom. The van der Waals surface area contributed by atoms with Crippen LogP contribution >= 0.6 is 22.9 Å². The molecule has 3 heteroatoms. The highest BCUT2D eigenvalue weighted by Gasteiger charge is 2.04. The Morgan fingerprint density at radius 2 is 1.89 bits per heavy atom. The third kappa shape index (κ3) is 3.84. The Kier molecular flexibility index (Phi) is 4.81. The molecule has 1 aromatic carbocycles. The fourth-order valence-electron chi connectivity index (χ4n) is 1.87. The minimum atomic E-state index is 0.390. The largest absolute Gasteiger partial charge is 0.310 e. The molecule has 0 saturated heterocycles. The Bertz CT molecular complexity index is 489. The van der Waals surface area contributed by atoms with Crippen molar-refractivity contribution in [1.82, 2.24) is 5.32 Å². The smallest absolute Gasteiger partial charge is 0.0931 e. The molecular weight excluding hydrogens is 262 g/mol. The molecule has 0 aliphatic carbocycles. The maximum atomic E-state index is 5.91. The summed E-state index contributed by atoms with van der Waals surface area (Å²) in [5.41, 5.74) is 2.64. The van der Waals surface area contributed by atoms with Gasteiger partial charge in [0, 0.05) is 17.5 Å². The maximum absolute atomic E-state index is 5.91. The van der Waals surface area contributed by atoms with Gasteiger partial charge in [-0.3, -0.25) is 0 Å². The Labute approximate surface area is 118 Å². The van der Waals surface area contributed by atoms with Crippen LogP contribution in [0.25, 0.3) is 0 Å². The molecule has 1 heterocycles. The summed E-state index contributed by atoms with van der Waals surface area (Å²) in [5.74, 6) is 0. The van der Waals surface area contributed by atoms with Gasteiger partial charge in [0.2, 0.25) is 0 Å². The van der Waals surface area contributed by atoms with Crippen molar-refractivity contribution in [1.29, 1.82) is 0 Å². The molecule has 0 spiro atoms. The summed E-state index contributed by atoms with van der Waals surface area (Å²) >= 11 is 7.57. The van der Waals surface area contributed by atoms with E-state index in [2.05, 4.69) is 49.5 Å².